The van der Waals surface area contributed by atoms with Crippen LogP contribution in [0.15, 0.2) is 22.7 Å². The smallest absolute Gasteiger partial charge is 0.329 e. The average molecular weight is 344 g/mol. The van der Waals surface area contributed by atoms with Crippen LogP contribution in [0.4, 0.5) is 0 Å². The summed E-state index contributed by atoms with van der Waals surface area (Å²) < 4.78 is 11.5. The van der Waals surface area contributed by atoms with Crippen molar-refractivity contribution in [2.75, 3.05) is 26.8 Å². The molecule has 0 aromatic heterocycles. The van der Waals surface area contributed by atoms with Gasteiger partial charge in [0.25, 0.3) is 0 Å². The molecule has 0 aliphatic carbocycles. The van der Waals surface area contributed by atoms with Crippen LogP contribution in [0.1, 0.15) is 12.5 Å². The number of carboxylic acid groups (broad SMARTS) is 1. The highest BCUT2D eigenvalue weighted by atomic mass is 79.9. The second kappa shape index (κ2) is 6.11. The standard InChI is InChI=1S/C14H18BrNO4/c1-14(20-7-13(17)18)8-16(9-14)6-10-3-4-12(19-2)11(15)5-10/h3-5H,6-9H2,1-2H3,(H,17,18). The Balaban J connectivity index is 1.85. The van der Waals surface area contributed by atoms with Gasteiger partial charge in [-0.1, -0.05) is 6.07 Å². The molecule has 1 aromatic rings. The summed E-state index contributed by atoms with van der Waals surface area (Å²) in [4.78, 5) is 12.7. The second-order valence-electron chi connectivity index (χ2n) is 5.25. The highest BCUT2D eigenvalue weighted by Crippen LogP contribution is 2.29. The molecule has 0 unspecified atom stereocenters. The second-order valence-corrected chi connectivity index (χ2v) is 6.10. The molecule has 0 atom stereocenters. The molecule has 1 heterocycles. The van der Waals surface area contributed by atoms with E-state index in [1.165, 1.54) is 5.56 Å². The van der Waals surface area contributed by atoms with E-state index in [4.69, 9.17) is 14.6 Å². The molecule has 6 heteroatoms. The third kappa shape index (κ3) is 3.71. The van der Waals surface area contributed by atoms with Gasteiger partial charge in [-0.05, 0) is 40.5 Å². The lowest BCUT2D eigenvalue weighted by Gasteiger charge is -2.47. The van der Waals surface area contributed by atoms with Crippen LogP contribution < -0.4 is 4.74 Å². The normalized spacial score (nSPS) is 17.6. The predicted molar refractivity (Wildman–Crippen MR) is 78.0 cm³/mol. The molecular weight excluding hydrogens is 326 g/mol. The van der Waals surface area contributed by atoms with E-state index in [-0.39, 0.29) is 12.2 Å². The molecule has 0 bridgehead atoms. The molecule has 1 aromatic carbocycles. The maximum atomic E-state index is 10.5. The topological polar surface area (TPSA) is 59.0 Å². The number of carboxylic acids is 1. The Kier molecular flexibility index (Phi) is 4.67. The molecule has 0 amide bonds. The summed E-state index contributed by atoms with van der Waals surface area (Å²) in [6.07, 6.45) is 0. The van der Waals surface area contributed by atoms with Gasteiger partial charge in [0.05, 0.1) is 17.2 Å². The van der Waals surface area contributed by atoms with Crippen LogP contribution in [0, 0.1) is 0 Å². The van der Waals surface area contributed by atoms with Gasteiger partial charge in [-0.2, -0.15) is 0 Å². The summed E-state index contributed by atoms with van der Waals surface area (Å²) in [5.74, 6) is -0.115. The molecule has 0 radical (unpaired) electrons. The van der Waals surface area contributed by atoms with E-state index in [9.17, 15) is 4.79 Å². The van der Waals surface area contributed by atoms with E-state index in [0.29, 0.717) is 0 Å². The third-order valence-corrected chi connectivity index (χ3v) is 3.90. The van der Waals surface area contributed by atoms with Crippen LogP contribution in [0.3, 0.4) is 0 Å². The number of nitrogens with zero attached hydrogens (tertiary/aromatic N) is 1. The molecule has 1 aliphatic heterocycles. The summed E-state index contributed by atoms with van der Waals surface area (Å²) >= 11 is 3.47. The van der Waals surface area contributed by atoms with E-state index in [1.807, 2.05) is 25.1 Å². The van der Waals surface area contributed by atoms with Crippen molar-refractivity contribution in [1.29, 1.82) is 0 Å². The molecule has 2 rings (SSSR count). The molecule has 1 N–H and O–H groups in total. The van der Waals surface area contributed by atoms with Crippen molar-refractivity contribution in [3.05, 3.63) is 28.2 Å². The fraction of sp³-hybridized carbons (Fsp3) is 0.500. The lowest BCUT2D eigenvalue weighted by Crippen LogP contribution is -2.61. The number of rotatable bonds is 6. The molecule has 1 aliphatic rings. The van der Waals surface area contributed by atoms with Crippen molar-refractivity contribution in [3.8, 4) is 5.75 Å². The lowest BCUT2D eigenvalue weighted by atomic mass is 9.95. The first-order valence-corrected chi connectivity index (χ1v) is 7.12. The maximum Gasteiger partial charge on any atom is 0.329 e. The van der Waals surface area contributed by atoms with E-state index >= 15 is 0 Å². The summed E-state index contributed by atoms with van der Waals surface area (Å²) in [6.45, 7) is 4.00. The van der Waals surface area contributed by atoms with Crippen LogP contribution in [-0.2, 0) is 16.1 Å². The Morgan fingerprint density at radius 1 is 1.50 bits per heavy atom. The average Bonchev–Trinajstić information content (AvgIpc) is 2.35. The first-order valence-electron chi connectivity index (χ1n) is 6.32. The Morgan fingerprint density at radius 2 is 2.20 bits per heavy atom. The SMILES string of the molecule is COc1ccc(CN2CC(C)(OCC(=O)O)C2)cc1Br. The van der Waals surface area contributed by atoms with Gasteiger partial charge in [-0.3, -0.25) is 4.90 Å². The van der Waals surface area contributed by atoms with Gasteiger partial charge in [-0.25, -0.2) is 4.79 Å². The first-order chi connectivity index (χ1) is 9.42. The third-order valence-electron chi connectivity index (χ3n) is 3.28. The van der Waals surface area contributed by atoms with Gasteiger partial charge in [0.1, 0.15) is 12.4 Å². The molecular formula is C14H18BrNO4. The minimum atomic E-state index is -0.927. The minimum absolute atomic E-state index is 0.238. The summed E-state index contributed by atoms with van der Waals surface area (Å²) in [5, 5.41) is 8.62. The molecule has 110 valence electrons. The summed E-state index contributed by atoms with van der Waals surface area (Å²) in [6, 6.07) is 5.99. The van der Waals surface area contributed by atoms with Crippen molar-refractivity contribution in [2.45, 2.75) is 19.1 Å². The first kappa shape index (κ1) is 15.3. The van der Waals surface area contributed by atoms with Gasteiger partial charge in [0.2, 0.25) is 0 Å². The van der Waals surface area contributed by atoms with E-state index in [0.717, 1.165) is 29.9 Å². The maximum absolute atomic E-state index is 10.5. The van der Waals surface area contributed by atoms with Gasteiger partial charge in [0, 0.05) is 19.6 Å². The number of methoxy groups -OCH3 is 1. The molecule has 20 heavy (non-hydrogen) atoms. The van der Waals surface area contributed by atoms with Crippen LogP contribution in [-0.4, -0.2) is 48.4 Å². The molecule has 5 nitrogen and oxygen atoms in total. The summed E-state index contributed by atoms with van der Waals surface area (Å²) in [5.41, 5.74) is 0.834. The fourth-order valence-electron chi connectivity index (χ4n) is 2.41. The van der Waals surface area contributed by atoms with Gasteiger partial charge < -0.3 is 14.6 Å². The van der Waals surface area contributed by atoms with E-state index < -0.39 is 5.97 Å². The predicted octanol–water partition coefficient (Wildman–Crippen LogP) is 2.13. The van der Waals surface area contributed by atoms with E-state index in [2.05, 4.69) is 20.8 Å². The van der Waals surface area contributed by atoms with E-state index in [1.54, 1.807) is 7.11 Å². The number of aliphatic carboxylic acids is 1. The van der Waals surface area contributed by atoms with Gasteiger partial charge in [0.15, 0.2) is 0 Å². The monoisotopic (exact) mass is 343 g/mol. The van der Waals surface area contributed by atoms with Crippen molar-refractivity contribution in [3.63, 3.8) is 0 Å². The van der Waals surface area contributed by atoms with Crippen molar-refractivity contribution in [2.24, 2.45) is 0 Å². The molecule has 0 spiro atoms. The van der Waals surface area contributed by atoms with Crippen LogP contribution >= 0.6 is 15.9 Å². The molecule has 1 saturated heterocycles. The highest BCUT2D eigenvalue weighted by molar-refractivity contribution is 9.10. The lowest BCUT2D eigenvalue weighted by molar-refractivity contribution is -0.165. The quantitative estimate of drug-likeness (QED) is 0.857. The van der Waals surface area contributed by atoms with Crippen LogP contribution in [0.5, 0.6) is 5.75 Å². The number of halogens is 1. The Labute approximate surface area is 126 Å². The number of benzene rings is 1. The number of hydrogen-bond acceptors (Lipinski definition) is 4. The van der Waals surface area contributed by atoms with Crippen LogP contribution in [0.2, 0.25) is 0 Å². The Morgan fingerprint density at radius 3 is 2.75 bits per heavy atom. The van der Waals surface area contributed by atoms with Crippen molar-refractivity contribution in [1.82, 2.24) is 4.90 Å². The molecule has 0 saturated carbocycles. The zero-order valence-corrected chi connectivity index (χ0v) is 13.1. The molecule has 1 fully saturated rings. The zero-order chi connectivity index (χ0) is 14.8. The fourth-order valence-corrected chi connectivity index (χ4v) is 2.99. The highest BCUT2D eigenvalue weighted by Gasteiger charge is 2.39. The number of likely N-dealkylation sites (tertiary alicyclic amines) is 1. The van der Waals surface area contributed by atoms with Crippen molar-refractivity contribution < 1.29 is 19.4 Å². The van der Waals surface area contributed by atoms with Gasteiger partial charge in [-0.15, -0.1) is 0 Å². The number of carbonyl (C=O) groups is 1. The largest absolute Gasteiger partial charge is 0.496 e. The number of hydrogen-bond donors (Lipinski definition) is 1. The van der Waals surface area contributed by atoms with Gasteiger partial charge >= 0.3 is 5.97 Å². The van der Waals surface area contributed by atoms with Crippen molar-refractivity contribution >= 4 is 21.9 Å². The Bertz CT molecular complexity index is 500. The number of ether oxygens (including phenoxy) is 2. The Hall–Kier alpha value is -1.11. The zero-order valence-electron chi connectivity index (χ0n) is 11.6. The van der Waals surface area contributed by atoms with Crippen LogP contribution in [0.25, 0.3) is 0 Å². The summed E-state index contributed by atoms with van der Waals surface area (Å²) in [7, 11) is 1.64. The minimum Gasteiger partial charge on any atom is -0.496 e.